The van der Waals surface area contributed by atoms with Crippen LogP contribution in [0.15, 0.2) is 53.7 Å². The lowest BCUT2D eigenvalue weighted by Gasteiger charge is -2.36. The van der Waals surface area contributed by atoms with Crippen molar-refractivity contribution in [3.8, 4) is 0 Å². The van der Waals surface area contributed by atoms with Crippen LogP contribution in [0, 0.1) is 11.6 Å². The molecule has 1 aliphatic rings. The number of aromatic nitrogens is 2. The highest BCUT2D eigenvalue weighted by atomic mass is 32.2. The van der Waals surface area contributed by atoms with Gasteiger partial charge in [0.15, 0.2) is 9.84 Å². The zero-order valence-corrected chi connectivity index (χ0v) is 17.8. The highest BCUT2D eigenvalue weighted by Crippen LogP contribution is 2.33. The zero-order valence-electron chi connectivity index (χ0n) is 16.2. The molecule has 30 heavy (non-hydrogen) atoms. The summed E-state index contributed by atoms with van der Waals surface area (Å²) >= 11 is 0.916. The van der Waals surface area contributed by atoms with Crippen LogP contribution in [-0.4, -0.2) is 29.2 Å². The van der Waals surface area contributed by atoms with Crippen LogP contribution < -0.4 is 0 Å². The van der Waals surface area contributed by atoms with Gasteiger partial charge < -0.3 is 0 Å². The van der Waals surface area contributed by atoms with E-state index in [1.807, 2.05) is 30.3 Å². The number of likely N-dealkylation sites (tertiary alicyclic amines) is 1. The van der Waals surface area contributed by atoms with E-state index in [4.69, 9.17) is 0 Å². The van der Waals surface area contributed by atoms with E-state index in [0.29, 0.717) is 0 Å². The zero-order chi connectivity index (χ0) is 21.1. The summed E-state index contributed by atoms with van der Waals surface area (Å²) in [5.41, 5.74) is 1.31. The van der Waals surface area contributed by atoms with Gasteiger partial charge in [0.2, 0.25) is 0 Å². The smallest absolute Gasteiger partial charge is 0.187 e. The van der Waals surface area contributed by atoms with Gasteiger partial charge in [-0.3, -0.25) is 4.90 Å². The molecule has 1 saturated heterocycles. The first-order valence-corrected chi connectivity index (χ1v) is 12.1. The average Bonchev–Trinajstić information content (AvgIpc) is 3.23. The van der Waals surface area contributed by atoms with Crippen LogP contribution in [0.4, 0.5) is 8.78 Å². The van der Waals surface area contributed by atoms with E-state index in [-0.39, 0.29) is 23.2 Å². The molecule has 0 bridgehead atoms. The van der Waals surface area contributed by atoms with Crippen molar-refractivity contribution in [2.75, 3.05) is 6.54 Å². The molecular weight excluding hydrogens is 428 g/mol. The van der Waals surface area contributed by atoms with Crippen LogP contribution in [-0.2, 0) is 22.1 Å². The summed E-state index contributed by atoms with van der Waals surface area (Å²) < 4.78 is 58.4. The molecular formula is C21H21F2N3O2S2. The molecule has 2 aromatic carbocycles. The van der Waals surface area contributed by atoms with Gasteiger partial charge in [0.25, 0.3) is 0 Å². The Kier molecular flexibility index (Phi) is 6.21. The second-order valence-corrected chi connectivity index (χ2v) is 10.2. The van der Waals surface area contributed by atoms with Crippen LogP contribution in [0.1, 0.15) is 41.4 Å². The molecule has 0 N–H and O–H groups in total. The highest BCUT2D eigenvalue weighted by molar-refractivity contribution is 7.90. The summed E-state index contributed by atoms with van der Waals surface area (Å²) in [5.74, 6) is -2.16. The number of halogens is 2. The molecule has 0 spiro atoms. The third kappa shape index (κ3) is 4.58. The number of sulfone groups is 1. The van der Waals surface area contributed by atoms with Gasteiger partial charge in [-0.2, -0.15) is 4.37 Å². The molecule has 1 fully saturated rings. The van der Waals surface area contributed by atoms with E-state index in [2.05, 4.69) is 14.3 Å². The molecule has 9 heteroatoms. The van der Waals surface area contributed by atoms with Crippen molar-refractivity contribution in [3.05, 3.63) is 76.6 Å². The second-order valence-electron chi connectivity index (χ2n) is 7.36. The van der Waals surface area contributed by atoms with E-state index < -0.39 is 32.1 Å². The Morgan fingerprint density at radius 1 is 1.10 bits per heavy atom. The fraction of sp³-hybridized carbons (Fsp3) is 0.333. The van der Waals surface area contributed by atoms with E-state index in [1.54, 1.807) is 0 Å². The standard InChI is InChI=1S/C21H21F2N3O2S2/c22-17-11-20(30(27,28)13-21-24-14-25-29-21)18(23)10-16(17)12-26-9-5-4-8-19(26)15-6-2-1-3-7-15/h1-3,6-7,10-11,14,19H,4-5,8-9,12-13H2/t19-/m0/s1. The molecule has 2 heterocycles. The second kappa shape index (κ2) is 8.87. The fourth-order valence-electron chi connectivity index (χ4n) is 3.88. The monoisotopic (exact) mass is 449 g/mol. The van der Waals surface area contributed by atoms with Crippen LogP contribution in [0.5, 0.6) is 0 Å². The van der Waals surface area contributed by atoms with E-state index in [0.717, 1.165) is 55.0 Å². The number of piperidine rings is 1. The fourth-order valence-corrected chi connectivity index (χ4v) is 6.06. The summed E-state index contributed by atoms with van der Waals surface area (Å²) in [4.78, 5) is 5.31. The minimum atomic E-state index is -4.06. The number of hydrogen-bond acceptors (Lipinski definition) is 6. The topological polar surface area (TPSA) is 63.2 Å². The predicted molar refractivity (Wildman–Crippen MR) is 111 cm³/mol. The molecule has 0 radical (unpaired) electrons. The maximum atomic E-state index is 14.8. The van der Waals surface area contributed by atoms with Crippen LogP contribution in [0.3, 0.4) is 0 Å². The van der Waals surface area contributed by atoms with Crippen molar-refractivity contribution in [2.45, 2.75) is 42.5 Å². The summed E-state index contributed by atoms with van der Waals surface area (Å²) in [7, 11) is -4.06. The lowest BCUT2D eigenvalue weighted by molar-refractivity contribution is 0.138. The summed E-state index contributed by atoms with van der Waals surface area (Å²) in [6, 6.07) is 11.9. The lowest BCUT2D eigenvalue weighted by atomic mass is 9.94. The minimum absolute atomic E-state index is 0.128. The first-order valence-electron chi connectivity index (χ1n) is 9.69. The van der Waals surface area contributed by atoms with Crippen molar-refractivity contribution in [2.24, 2.45) is 0 Å². The molecule has 0 saturated carbocycles. The molecule has 5 nitrogen and oxygen atoms in total. The van der Waals surface area contributed by atoms with Crippen molar-refractivity contribution in [1.29, 1.82) is 0 Å². The Hall–Kier alpha value is -2.23. The molecule has 1 atom stereocenters. The molecule has 0 unspecified atom stereocenters. The number of nitrogens with zero attached hydrogens (tertiary/aromatic N) is 3. The highest BCUT2D eigenvalue weighted by Gasteiger charge is 2.27. The van der Waals surface area contributed by atoms with Gasteiger partial charge in [0.05, 0.1) is 0 Å². The number of benzene rings is 2. The molecule has 3 aromatic rings. The Morgan fingerprint density at radius 3 is 2.63 bits per heavy atom. The predicted octanol–water partition coefficient (Wildman–Crippen LogP) is 4.52. The van der Waals surface area contributed by atoms with Crippen molar-refractivity contribution < 1.29 is 17.2 Å². The Bertz CT molecular complexity index is 1110. The maximum absolute atomic E-state index is 14.8. The van der Waals surface area contributed by atoms with Gasteiger partial charge in [-0.1, -0.05) is 36.8 Å². The molecule has 0 amide bonds. The average molecular weight is 450 g/mol. The SMILES string of the molecule is O=S(=O)(Cc1ncns1)c1cc(F)c(CN2CCCC[C@H]2c2ccccc2)cc1F. The summed E-state index contributed by atoms with van der Waals surface area (Å²) in [5, 5.41) is 0.234. The summed E-state index contributed by atoms with van der Waals surface area (Å²) in [6.07, 6.45) is 4.25. The van der Waals surface area contributed by atoms with E-state index in [1.165, 1.54) is 6.33 Å². The molecule has 1 aromatic heterocycles. The van der Waals surface area contributed by atoms with Crippen molar-refractivity contribution in [1.82, 2.24) is 14.3 Å². The molecule has 1 aliphatic heterocycles. The normalized spacial score (nSPS) is 17.9. The minimum Gasteiger partial charge on any atom is -0.292 e. The van der Waals surface area contributed by atoms with E-state index >= 15 is 0 Å². The largest absolute Gasteiger partial charge is 0.292 e. The van der Waals surface area contributed by atoms with Gasteiger partial charge >= 0.3 is 0 Å². The Labute approximate surface area is 178 Å². The van der Waals surface area contributed by atoms with Crippen LogP contribution >= 0.6 is 11.5 Å². The first kappa shape index (κ1) is 21.0. The Morgan fingerprint density at radius 2 is 1.90 bits per heavy atom. The van der Waals surface area contributed by atoms with Gasteiger partial charge in [-0.25, -0.2) is 22.2 Å². The van der Waals surface area contributed by atoms with Crippen LogP contribution in [0.2, 0.25) is 0 Å². The Balaban J connectivity index is 1.58. The number of rotatable bonds is 6. The maximum Gasteiger partial charge on any atom is 0.187 e. The molecule has 158 valence electrons. The van der Waals surface area contributed by atoms with Crippen molar-refractivity contribution >= 4 is 21.4 Å². The third-order valence-corrected chi connectivity index (χ3v) is 7.81. The first-order chi connectivity index (χ1) is 14.4. The van der Waals surface area contributed by atoms with Crippen LogP contribution in [0.25, 0.3) is 0 Å². The van der Waals surface area contributed by atoms with E-state index in [9.17, 15) is 17.2 Å². The lowest BCUT2D eigenvalue weighted by Crippen LogP contribution is -2.33. The van der Waals surface area contributed by atoms with Gasteiger partial charge in [0.1, 0.15) is 33.6 Å². The number of hydrogen-bond donors (Lipinski definition) is 0. The quantitative estimate of drug-likeness (QED) is 0.554. The van der Waals surface area contributed by atoms with Gasteiger partial charge in [-0.15, -0.1) is 0 Å². The van der Waals surface area contributed by atoms with Crippen molar-refractivity contribution in [3.63, 3.8) is 0 Å². The van der Waals surface area contributed by atoms with Gasteiger partial charge in [-0.05, 0) is 48.6 Å². The van der Waals surface area contributed by atoms with Gasteiger partial charge in [0, 0.05) is 18.2 Å². The molecule has 4 rings (SSSR count). The third-order valence-electron chi connectivity index (χ3n) is 5.33. The molecule has 0 aliphatic carbocycles. The summed E-state index contributed by atoms with van der Waals surface area (Å²) in [6.45, 7) is 0.997.